The van der Waals surface area contributed by atoms with Crippen molar-refractivity contribution in [3.05, 3.63) is 77.4 Å². The lowest BCUT2D eigenvalue weighted by Crippen LogP contribution is -2.24. The van der Waals surface area contributed by atoms with Crippen LogP contribution in [-0.2, 0) is 11.0 Å². The van der Waals surface area contributed by atoms with Crippen molar-refractivity contribution in [3.8, 4) is 0 Å². The van der Waals surface area contributed by atoms with Gasteiger partial charge in [-0.05, 0) is 36.3 Å². The van der Waals surface area contributed by atoms with Gasteiger partial charge in [0.15, 0.2) is 0 Å². The summed E-state index contributed by atoms with van der Waals surface area (Å²) in [6.07, 6.45) is -1.57. The summed E-state index contributed by atoms with van der Waals surface area (Å²) < 4.78 is 37.4. The van der Waals surface area contributed by atoms with Crippen LogP contribution in [0.25, 0.3) is 6.08 Å². The van der Waals surface area contributed by atoms with E-state index in [1.54, 1.807) is 0 Å². The van der Waals surface area contributed by atoms with Crippen molar-refractivity contribution in [2.75, 3.05) is 0 Å². The Balaban J connectivity index is 1.96. The van der Waals surface area contributed by atoms with Gasteiger partial charge in [0, 0.05) is 6.08 Å². The molecule has 0 heterocycles. The van der Waals surface area contributed by atoms with Gasteiger partial charge in [-0.2, -0.15) is 13.2 Å². The van der Waals surface area contributed by atoms with E-state index < -0.39 is 11.7 Å². The lowest BCUT2D eigenvalue weighted by atomic mass is 10.1. The largest absolute Gasteiger partial charge is 0.416 e. The average molecular weight is 319 g/mol. The average Bonchev–Trinajstić information content (AvgIpc) is 2.53. The van der Waals surface area contributed by atoms with Crippen molar-refractivity contribution in [2.45, 2.75) is 19.1 Å². The predicted molar refractivity (Wildman–Crippen MR) is 83.5 cm³/mol. The molecule has 0 aliphatic heterocycles. The quantitative estimate of drug-likeness (QED) is 0.820. The van der Waals surface area contributed by atoms with Crippen molar-refractivity contribution < 1.29 is 18.0 Å². The Bertz CT molecular complexity index is 676. The second-order valence-electron chi connectivity index (χ2n) is 5.09. The third-order valence-electron chi connectivity index (χ3n) is 3.32. The molecule has 0 saturated heterocycles. The summed E-state index contributed by atoms with van der Waals surface area (Å²) in [6, 6.07) is 14.0. The Kier molecular flexibility index (Phi) is 5.21. The molecule has 120 valence electrons. The molecule has 2 aromatic rings. The molecule has 2 nitrogen and oxygen atoms in total. The minimum atomic E-state index is -4.36. The molecule has 1 unspecified atom stereocenters. The third-order valence-corrected chi connectivity index (χ3v) is 3.32. The molecular formula is C18H16F3NO. The summed E-state index contributed by atoms with van der Waals surface area (Å²) in [4.78, 5) is 11.8. The number of amides is 1. The first-order valence-electron chi connectivity index (χ1n) is 7.07. The standard InChI is InChI=1S/C18H16F3NO/c1-13(15-5-3-2-4-6-15)22-17(23)12-9-14-7-10-16(11-8-14)18(19,20)21/h2-13H,1H3,(H,22,23)/b12-9+. The Morgan fingerprint density at radius 1 is 1.04 bits per heavy atom. The molecule has 5 heteroatoms. The zero-order chi connectivity index (χ0) is 16.9. The molecular weight excluding hydrogens is 303 g/mol. The van der Waals surface area contributed by atoms with E-state index in [0.717, 1.165) is 17.7 Å². The summed E-state index contributed by atoms with van der Waals surface area (Å²) >= 11 is 0. The van der Waals surface area contributed by atoms with Gasteiger partial charge in [0.1, 0.15) is 0 Å². The monoisotopic (exact) mass is 319 g/mol. The molecule has 23 heavy (non-hydrogen) atoms. The SMILES string of the molecule is CC(NC(=O)/C=C/c1ccc(C(F)(F)F)cc1)c1ccccc1. The van der Waals surface area contributed by atoms with Gasteiger partial charge in [0.25, 0.3) is 0 Å². The fourth-order valence-electron chi connectivity index (χ4n) is 2.04. The van der Waals surface area contributed by atoms with Gasteiger partial charge in [-0.15, -0.1) is 0 Å². The summed E-state index contributed by atoms with van der Waals surface area (Å²) in [7, 11) is 0. The van der Waals surface area contributed by atoms with Gasteiger partial charge in [0.05, 0.1) is 11.6 Å². The highest BCUT2D eigenvalue weighted by Crippen LogP contribution is 2.29. The first kappa shape index (κ1) is 16.8. The van der Waals surface area contributed by atoms with E-state index in [0.29, 0.717) is 5.56 Å². The van der Waals surface area contributed by atoms with Gasteiger partial charge < -0.3 is 5.32 Å². The second-order valence-corrected chi connectivity index (χ2v) is 5.09. The zero-order valence-electron chi connectivity index (χ0n) is 12.5. The molecule has 1 amide bonds. The summed E-state index contributed by atoms with van der Waals surface area (Å²) in [6.45, 7) is 1.86. The lowest BCUT2D eigenvalue weighted by molar-refractivity contribution is -0.137. The number of halogens is 3. The Morgan fingerprint density at radius 3 is 2.22 bits per heavy atom. The summed E-state index contributed by atoms with van der Waals surface area (Å²) in [5, 5.41) is 2.80. The highest BCUT2D eigenvalue weighted by atomic mass is 19.4. The number of rotatable bonds is 4. The van der Waals surface area contributed by atoms with Crippen LogP contribution < -0.4 is 5.32 Å². The van der Waals surface area contributed by atoms with Crippen LogP contribution in [0.1, 0.15) is 29.7 Å². The smallest absolute Gasteiger partial charge is 0.346 e. The number of nitrogens with one attached hydrogen (secondary N) is 1. The van der Waals surface area contributed by atoms with Crippen LogP contribution in [0.15, 0.2) is 60.7 Å². The molecule has 0 spiro atoms. The van der Waals surface area contributed by atoms with Gasteiger partial charge in [-0.3, -0.25) is 4.79 Å². The number of alkyl halides is 3. The van der Waals surface area contributed by atoms with E-state index >= 15 is 0 Å². The van der Waals surface area contributed by atoms with E-state index in [4.69, 9.17) is 0 Å². The van der Waals surface area contributed by atoms with Crippen molar-refractivity contribution >= 4 is 12.0 Å². The molecule has 0 fully saturated rings. The molecule has 2 aromatic carbocycles. The Hall–Kier alpha value is -2.56. The van der Waals surface area contributed by atoms with Crippen LogP contribution in [0.3, 0.4) is 0 Å². The molecule has 0 aliphatic carbocycles. The molecule has 2 rings (SSSR count). The number of hydrogen-bond donors (Lipinski definition) is 1. The molecule has 0 radical (unpaired) electrons. The maximum Gasteiger partial charge on any atom is 0.416 e. The van der Waals surface area contributed by atoms with Crippen LogP contribution in [0.2, 0.25) is 0 Å². The van der Waals surface area contributed by atoms with Crippen LogP contribution in [0.5, 0.6) is 0 Å². The van der Waals surface area contributed by atoms with Gasteiger partial charge in [-0.1, -0.05) is 42.5 Å². The van der Waals surface area contributed by atoms with E-state index in [9.17, 15) is 18.0 Å². The predicted octanol–water partition coefficient (Wildman–Crippen LogP) is 4.60. The van der Waals surface area contributed by atoms with Crippen LogP contribution in [0, 0.1) is 0 Å². The maximum absolute atomic E-state index is 12.5. The van der Waals surface area contributed by atoms with E-state index in [1.807, 2.05) is 37.3 Å². The first-order chi connectivity index (χ1) is 10.9. The van der Waals surface area contributed by atoms with Gasteiger partial charge in [-0.25, -0.2) is 0 Å². The second kappa shape index (κ2) is 7.13. The number of carbonyl (C=O) groups excluding carboxylic acids is 1. The first-order valence-corrected chi connectivity index (χ1v) is 7.07. The van der Waals surface area contributed by atoms with Crippen LogP contribution in [-0.4, -0.2) is 5.91 Å². The van der Waals surface area contributed by atoms with Crippen molar-refractivity contribution in [1.29, 1.82) is 0 Å². The van der Waals surface area contributed by atoms with E-state index in [-0.39, 0.29) is 11.9 Å². The zero-order valence-corrected chi connectivity index (χ0v) is 12.5. The summed E-state index contributed by atoms with van der Waals surface area (Å²) in [5.74, 6) is -0.304. The minimum Gasteiger partial charge on any atom is -0.346 e. The third kappa shape index (κ3) is 4.98. The van der Waals surface area contributed by atoms with E-state index in [1.165, 1.54) is 24.3 Å². The van der Waals surface area contributed by atoms with E-state index in [2.05, 4.69) is 5.32 Å². The molecule has 1 N–H and O–H groups in total. The Labute approximate surface area is 132 Å². The molecule has 0 saturated carbocycles. The Morgan fingerprint density at radius 2 is 1.65 bits per heavy atom. The molecule has 0 bridgehead atoms. The molecule has 1 atom stereocenters. The molecule has 0 aromatic heterocycles. The molecule has 0 aliphatic rings. The minimum absolute atomic E-state index is 0.152. The normalized spacial score (nSPS) is 13.0. The van der Waals surface area contributed by atoms with Gasteiger partial charge >= 0.3 is 6.18 Å². The maximum atomic E-state index is 12.5. The number of carbonyl (C=O) groups is 1. The van der Waals surface area contributed by atoms with Crippen LogP contribution >= 0.6 is 0 Å². The number of benzene rings is 2. The fraction of sp³-hybridized carbons (Fsp3) is 0.167. The lowest BCUT2D eigenvalue weighted by Gasteiger charge is -2.12. The van der Waals surface area contributed by atoms with Gasteiger partial charge in [0.2, 0.25) is 5.91 Å². The van der Waals surface area contributed by atoms with Crippen LogP contribution in [0.4, 0.5) is 13.2 Å². The summed E-state index contributed by atoms with van der Waals surface area (Å²) in [5.41, 5.74) is 0.793. The topological polar surface area (TPSA) is 29.1 Å². The van der Waals surface area contributed by atoms with Crippen molar-refractivity contribution in [3.63, 3.8) is 0 Å². The highest BCUT2D eigenvalue weighted by Gasteiger charge is 2.29. The number of hydrogen-bond acceptors (Lipinski definition) is 1. The fourth-order valence-corrected chi connectivity index (χ4v) is 2.04. The van der Waals surface area contributed by atoms with Crippen molar-refractivity contribution in [1.82, 2.24) is 5.32 Å². The highest BCUT2D eigenvalue weighted by molar-refractivity contribution is 5.91. The van der Waals surface area contributed by atoms with Crippen molar-refractivity contribution in [2.24, 2.45) is 0 Å².